The maximum atomic E-state index is 12.7. The number of piperidine rings is 1. The van der Waals surface area contributed by atoms with E-state index >= 15 is 0 Å². The van der Waals surface area contributed by atoms with E-state index in [1.165, 1.54) is 24.3 Å². The molecule has 1 aromatic rings. The number of nitrogens with zero attached hydrogens (tertiary/aromatic N) is 1. The topological polar surface area (TPSA) is 49.4 Å². The molecule has 4 nitrogen and oxygen atoms in total. The van der Waals surface area contributed by atoms with Crippen molar-refractivity contribution in [3.63, 3.8) is 0 Å². The molecule has 0 aromatic heterocycles. The normalized spacial score (nSPS) is 15.1. The highest BCUT2D eigenvalue weighted by atomic mass is 19.1. The average Bonchev–Trinajstić information content (AvgIpc) is 2.46. The third-order valence-electron chi connectivity index (χ3n) is 3.22. The molecule has 5 heteroatoms. The van der Waals surface area contributed by atoms with Gasteiger partial charge in [0, 0.05) is 18.7 Å². The molecule has 2 amide bonds. The van der Waals surface area contributed by atoms with Crippen LogP contribution in [0.25, 0.3) is 0 Å². The highest BCUT2D eigenvalue weighted by Gasteiger charge is 2.17. The van der Waals surface area contributed by atoms with Crippen molar-refractivity contribution < 1.29 is 14.0 Å². The lowest BCUT2D eigenvalue weighted by atomic mass is 10.1. The summed E-state index contributed by atoms with van der Waals surface area (Å²) in [7, 11) is 0. The summed E-state index contributed by atoms with van der Waals surface area (Å²) in [6.07, 6.45) is 3.21. The summed E-state index contributed by atoms with van der Waals surface area (Å²) in [6.45, 7) is 1.53. The summed E-state index contributed by atoms with van der Waals surface area (Å²) in [6, 6.07) is 5.24. The van der Waals surface area contributed by atoms with Gasteiger partial charge in [-0.2, -0.15) is 0 Å². The second kappa shape index (κ2) is 6.31. The highest BCUT2D eigenvalue weighted by Crippen LogP contribution is 2.08. The van der Waals surface area contributed by atoms with Crippen LogP contribution in [0.2, 0.25) is 0 Å². The Hall–Kier alpha value is -1.91. The van der Waals surface area contributed by atoms with E-state index in [0.29, 0.717) is 5.56 Å². The monoisotopic (exact) mass is 264 g/mol. The van der Waals surface area contributed by atoms with E-state index in [2.05, 4.69) is 5.32 Å². The van der Waals surface area contributed by atoms with Crippen LogP contribution in [-0.4, -0.2) is 36.3 Å². The predicted molar refractivity (Wildman–Crippen MR) is 69.2 cm³/mol. The number of halogens is 1. The molecule has 2 rings (SSSR count). The van der Waals surface area contributed by atoms with Crippen molar-refractivity contribution in [2.75, 3.05) is 19.6 Å². The van der Waals surface area contributed by atoms with Gasteiger partial charge in [-0.05, 0) is 43.5 Å². The molecule has 1 N–H and O–H groups in total. The summed E-state index contributed by atoms with van der Waals surface area (Å²) in [5.41, 5.74) is 0.354. The molecule has 1 saturated heterocycles. The zero-order valence-electron chi connectivity index (χ0n) is 10.7. The fourth-order valence-electron chi connectivity index (χ4n) is 2.11. The second-order valence-electron chi connectivity index (χ2n) is 4.63. The number of carbonyl (C=O) groups is 2. The minimum absolute atomic E-state index is 0.00376. The fraction of sp³-hybridized carbons (Fsp3) is 0.429. The van der Waals surface area contributed by atoms with Crippen molar-refractivity contribution in [1.82, 2.24) is 10.2 Å². The zero-order chi connectivity index (χ0) is 13.7. The van der Waals surface area contributed by atoms with E-state index in [0.717, 1.165) is 32.4 Å². The molecule has 0 spiro atoms. The summed E-state index contributed by atoms with van der Waals surface area (Å²) >= 11 is 0. The van der Waals surface area contributed by atoms with E-state index in [-0.39, 0.29) is 24.2 Å². The minimum atomic E-state index is -0.388. The van der Waals surface area contributed by atoms with E-state index in [1.54, 1.807) is 4.90 Å². The average molecular weight is 264 g/mol. The van der Waals surface area contributed by atoms with Crippen LogP contribution >= 0.6 is 0 Å². The van der Waals surface area contributed by atoms with Crippen LogP contribution in [0.3, 0.4) is 0 Å². The molecular formula is C14H17FN2O2. The smallest absolute Gasteiger partial charge is 0.251 e. The number of amides is 2. The van der Waals surface area contributed by atoms with Crippen LogP contribution in [0.4, 0.5) is 4.39 Å². The number of rotatable bonds is 3. The van der Waals surface area contributed by atoms with Crippen LogP contribution in [0.1, 0.15) is 29.6 Å². The first-order valence-electron chi connectivity index (χ1n) is 6.48. The third kappa shape index (κ3) is 3.77. The molecule has 1 fully saturated rings. The van der Waals surface area contributed by atoms with Crippen LogP contribution < -0.4 is 5.32 Å². The third-order valence-corrected chi connectivity index (χ3v) is 3.22. The van der Waals surface area contributed by atoms with Gasteiger partial charge in [-0.15, -0.1) is 0 Å². The lowest BCUT2D eigenvalue weighted by Crippen LogP contribution is -2.42. The first kappa shape index (κ1) is 13.5. The van der Waals surface area contributed by atoms with E-state index in [9.17, 15) is 14.0 Å². The second-order valence-corrected chi connectivity index (χ2v) is 4.63. The Morgan fingerprint density at radius 1 is 1.11 bits per heavy atom. The van der Waals surface area contributed by atoms with Gasteiger partial charge in [0.25, 0.3) is 5.91 Å². The summed E-state index contributed by atoms with van der Waals surface area (Å²) in [5.74, 6) is -0.804. The van der Waals surface area contributed by atoms with E-state index in [1.807, 2.05) is 0 Å². The summed E-state index contributed by atoms with van der Waals surface area (Å²) in [4.78, 5) is 25.4. The molecule has 0 atom stereocenters. The van der Waals surface area contributed by atoms with Gasteiger partial charge in [0.15, 0.2) is 0 Å². The minimum Gasteiger partial charge on any atom is -0.343 e. The lowest BCUT2D eigenvalue weighted by Gasteiger charge is -2.26. The van der Waals surface area contributed by atoms with Crippen LogP contribution in [0.5, 0.6) is 0 Å². The first-order chi connectivity index (χ1) is 9.16. The summed E-state index contributed by atoms with van der Waals surface area (Å²) < 4.78 is 12.7. The Kier molecular flexibility index (Phi) is 4.49. The predicted octanol–water partition coefficient (Wildman–Crippen LogP) is 1.57. The van der Waals surface area contributed by atoms with Crippen molar-refractivity contribution in [2.45, 2.75) is 19.3 Å². The van der Waals surface area contributed by atoms with Crippen LogP contribution in [-0.2, 0) is 4.79 Å². The maximum Gasteiger partial charge on any atom is 0.251 e. The molecule has 0 aliphatic carbocycles. The van der Waals surface area contributed by atoms with Crippen molar-refractivity contribution in [3.05, 3.63) is 35.6 Å². The Balaban J connectivity index is 1.82. The Bertz CT molecular complexity index is 453. The van der Waals surface area contributed by atoms with Gasteiger partial charge >= 0.3 is 0 Å². The summed E-state index contributed by atoms with van der Waals surface area (Å²) in [5, 5.41) is 2.56. The molecule has 0 unspecified atom stereocenters. The fourth-order valence-corrected chi connectivity index (χ4v) is 2.11. The zero-order valence-corrected chi connectivity index (χ0v) is 10.7. The van der Waals surface area contributed by atoms with Crippen molar-refractivity contribution in [1.29, 1.82) is 0 Å². The number of hydrogen-bond donors (Lipinski definition) is 1. The molecule has 1 aromatic carbocycles. The number of carbonyl (C=O) groups excluding carboxylic acids is 2. The van der Waals surface area contributed by atoms with Gasteiger partial charge in [0.05, 0.1) is 6.54 Å². The van der Waals surface area contributed by atoms with Gasteiger partial charge in [0.1, 0.15) is 5.82 Å². The molecule has 0 radical (unpaired) electrons. The van der Waals surface area contributed by atoms with Gasteiger partial charge in [-0.3, -0.25) is 9.59 Å². The Morgan fingerprint density at radius 2 is 1.74 bits per heavy atom. The van der Waals surface area contributed by atoms with E-state index < -0.39 is 0 Å². The van der Waals surface area contributed by atoms with Gasteiger partial charge < -0.3 is 10.2 Å². The molecule has 0 saturated carbocycles. The maximum absolute atomic E-state index is 12.7. The molecule has 0 bridgehead atoms. The molecule has 102 valence electrons. The van der Waals surface area contributed by atoms with Crippen molar-refractivity contribution >= 4 is 11.8 Å². The van der Waals surface area contributed by atoms with Crippen molar-refractivity contribution in [3.8, 4) is 0 Å². The number of nitrogens with one attached hydrogen (secondary N) is 1. The van der Waals surface area contributed by atoms with Crippen molar-refractivity contribution in [2.24, 2.45) is 0 Å². The Morgan fingerprint density at radius 3 is 2.37 bits per heavy atom. The standard InChI is InChI=1S/C14H17FN2O2/c15-12-6-4-11(5-7-12)14(19)16-10-13(18)17-8-2-1-3-9-17/h4-7H,1-3,8-10H2,(H,16,19). The molecule has 1 heterocycles. The molecule has 1 aliphatic rings. The number of benzene rings is 1. The van der Waals surface area contributed by atoms with E-state index in [4.69, 9.17) is 0 Å². The number of hydrogen-bond acceptors (Lipinski definition) is 2. The van der Waals surface area contributed by atoms with Crippen LogP contribution in [0.15, 0.2) is 24.3 Å². The Labute approximate surface area is 111 Å². The molecule has 19 heavy (non-hydrogen) atoms. The van der Waals surface area contributed by atoms with Gasteiger partial charge in [-0.25, -0.2) is 4.39 Å². The largest absolute Gasteiger partial charge is 0.343 e. The lowest BCUT2D eigenvalue weighted by molar-refractivity contribution is -0.130. The quantitative estimate of drug-likeness (QED) is 0.901. The molecular weight excluding hydrogens is 247 g/mol. The SMILES string of the molecule is O=C(NCC(=O)N1CCCCC1)c1ccc(F)cc1. The number of likely N-dealkylation sites (tertiary alicyclic amines) is 1. The van der Waals surface area contributed by atoms with Gasteiger partial charge in [0.2, 0.25) is 5.91 Å². The highest BCUT2D eigenvalue weighted by molar-refractivity contribution is 5.96. The first-order valence-corrected chi connectivity index (χ1v) is 6.48. The van der Waals surface area contributed by atoms with Crippen LogP contribution in [0, 0.1) is 5.82 Å². The molecule has 1 aliphatic heterocycles. The van der Waals surface area contributed by atoms with Gasteiger partial charge in [-0.1, -0.05) is 0 Å².